The Balaban J connectivity index is 0.00000192. The summed E-state index contributed by atoms with van der Waals surface area (Å²) < 4.78 is 0. The van der Waals surface area contributed by atoms with Gasteiger partial charge in [0.25, 0.3) is 0 Å². The second-order valence-electron chi connectivity index (χ2n) is 5.61. The fourth-order valence-electron chi connectivity index (χ4n) is 2.81. The zero-order valence-electron chi connectivity index (χ0n) is 13.1. The lowest BCUT2D eigenvalue weighted by molar-refractivity contribution is 0.694. The molecule has 0 aliphatic heterocycles. The Morgan fingerprint density at radius 1 is 0.652 bits per heavy atom. The second-order valence-corrected chi connectivity index (χ2v) is 5.61. The van der Waals surface area contributed by atoms with Gasteiger partial charge in [0.2, 0.25) is 0 Å². The fraction of sp³-hybridized carbons (Fsp3) is 0.143. The van der Waals surface area contributed by atoms with E-state index in [4.69, 9.17) is 5.73 Å². The lowest BCUT2D eigenvalue weighted by atomic mass is 9.91. The van der Waals surface area contributed by atoms with Crippen LogP contribution in [0.4, 0.5) is 0 Å². The van der Waals surface area contributed by atoms with E-state index in [-0.39, 0.29) is 12.4 Å². The van der Waals surface area contributed by atoms with Crippen LogP contribution in [0.3, 0.4) is 0 Å². The molecule has 0 bridgehead atoms. The summed E-state index contributed by atoms with van der Waals surface area (Å²) >= 11 is 0. The minimum atomic E-state index is 0. The summed E-state index contributed by atoms with van der Waals surface area (Å²) in [5.74, 6) is 0.378. The SMILES string of the molecule is Cl.NCC(Cc1ccc(-c2ccccc2)cc1)c1ccccc1. The number of rotatable bonds is 5. The summed E-state index contributed by atoms with van der Waals surface area (Å²) in [4.78, 5) is 0. The van der Waals surface area contributed by atoms with Crippen molar-refractivity contribution >= 4 is 12.4 Å². The maximum absolute atomic E-state index is 5.97. The third-order valence-corrected chi connectivity index (χ3v) is 4.10. The van der Waals surface area contributed by atoms with Gasteiger partial charge in [0.1, 0.15) is 0 Å². The lowest BCUT2D eigenvalue weighted by Gasteiger charge is -2.15. The first kappa shape index (κ1) is 17.3. The summed E-state index contributed by atoms with van der Waals surface area (Å²) in [5.41, 5.74) is 11.1. The van der Waals surface area contributed by atoms with E-state index in [2.05, 4.69) is 72.8 Å². The van der Waals surface area contributed by atoms with Gasteiger partial charge in [-0.05, 0) is 35.2 Å². The Labute approximate surface area is 144 Å². The van der Waals surface area contributed by atoms with Crippen LogP contribution < -0.4 is 5.73 Å². The van der Waals surface area contributed by atoms with E-state index in [0.717, 1.165) is 6.42 Å². The molecule has 1 nitrogen and oxygen atoms in total. The first-order valence-corrected chi connectivity index (χ1v) is 7.76. The number of halogens is 1. The molecular weight excluding hydrogens is 302 g/mol. The van der Waals surface area contributed by atoms with Gasteiger partial charge in [-0.25, -0.2) is 0 Å². The largest absolute Gasteiger partial charge is 0.330 e. The molecule has 0 saturated heterocycles. The van der Waals surface area contributed by atoms with E-state index in [1.807, 2.05) is 12.1 Å². The van der Waals surface area contributed by atoms with Crippen LogP contribution in [0.2, 0.25) is 0 Å². The Bertz CT molecular complexity index is 693. The van der Waals surface area contributed by atoms with Crippen molar-refractivity contribution in [1.29, 1.82) is 0 Å². The molecule has 2 N–H and O–H groups in total. The third kappa shape index (κ3) is 4.44. The summed E-state index contributed by atoms with van der Waals surface area (Å²) in [7, 11) is 0. The maximum Gasteiger partial charge on any atom is 0.000157 e. The maximum atomic E-state index is 5.97. The molecule has 0 aliphatic rings. The number of nitrogens with two attached hydrogens (primary N) is 1. The Morgan fingerprint density at radius 2 is 1.17 bits per heavy atom. The molecule has 0 amide bonds. The van der Waals surface area contributed by atoms with Gasteiger partial charge >= 0.3 is 0 Å². The van der Waals surface area contributed by atoms with Crippen molar-refractivity contribution in [3.8, 4) is 11.1 Å². The minimum Gasteiger partial charge on any atom is -0.330 e. The lowest BCUT2D eigenvalue weighted by Crippen LogP contribution is -2.14. The topological polar surface area (TPSA) is 26.0 Å². The smallest absolute Gasteiger partial charge is 0.000157 e. The number of hydrogen-bond donors (Lipinski definition) is 1. The van der Waals surface area contributed by atoms with Crippen LogP contribution in [0.25, 0.3) is 11.1 Å². The molecule has 0 aromatic heterocycles. The highest BCUT2D eigenvalue weighted by Gasteiger charge is 2.10. The quantitative estimate of drug-likeness (QED) is 0.697. The van der Waals surface area contributed by atoms with E-state index in [0.29, 0.717) is 12.5 Å². The molecule has 0 radical (unpaired) electrons. The molecule has 118 valence electrons. The number of benzene rings is 3. The van der Waals surface area contributed by atoms with Crippen LogP contribution in [0.1, 0.15) is 17.0 Å². The van der Waals surface area contributed by atoms with Crippen molar-refractivity contribution in [1.82, 2.24) is 0 Å². The predicted molar refractivity (Wildman–Crippen MR) is 101 cm³/mol. The molecule has 0 aliphatic carbocycles. The van der Waals surface area contributed by atoms with Gasteiger partial charge in [-0.15, -0.1) is 12.4 Å². The summed E-state index contributed by atoms with van der Waals surface area (Å²) in [5, 5.41) is 0. The van der Waals surface area contributed by atoms with Crippen molar-refractivity contribution in [2.75, 3.05) is 6.54 Å². The average Bonchev–Trinajstić information content (AvgIpc) is 2.62. The van der Waals surface area contributed by atoms with Gasteiger partial charge in [-0.3, -0.25) is 0 Å². The zero-order chi connectivity index (χ0) is 15.2. The van der Waals surface area contributed by atoms with Crippen molar-refractivity contribution in [2.45, 2.75) is 12.3 Å². The van der Waals surface area contributed by atoms with Crippen molar-refractivity contribution in [3.63, 3.8) is 0 Å². The average molecular weight is 324 g/mol. The van der Waals surface area contributed by atoms with E-state index >= 15 is 0 Å². The van der Waals surface area contributed by atoms with Gasteiger partial charge in [0.15, 0.2) is 0 Å². The molecule has 1 atom stereocenters. The molecule has 2 heteroatoms. The molecule has 0 fully saturated rings. The van der Waals surface area contributed by atoms with Crippen LogP contribution in [0, 0.1) is 0 Å². The molecule has 0 spiro atoms. The van der Waals surface area contributed by atoms with E-state index in [9.17, 15) is 0 Å². The second kappa shape index (κ2) is 8.52. The van der Waals surface area contributed by atoms with E-state index < -0.39 is 0 Å². The standard InChI is InChI=1S/C21H21N.ClH/c22-16-21(19-9-5-2-6-10-19)15-17-11-13-20(14-12-17)18-7-3-1-4-8-18;/h1-14,21H,15-16,22H2;1H. The number of hydrogen-bond acceptors (Lipinski definition) is 1. The monoisotopic (exact) mass is 323 g/mol. The Morgan fingerprint density at radius 3 is 1.74 bits per heavy atom. The van der Waals surface area contributed by atoms with Crippen molar-refractivity contribution in [2.24, 2.45) is 5.73 Å². The molecule has 3 aromatic carbocycles. The van der Waals surface area contributed by atoms with Crippen molar-refractivity contribution in [3.05, 3.63) is 96.1 Å². The van der Waals surface area contributed by atoms with Crippen LogP contribution in [-0.2, 0) is 6.42 Å². The van der Waals surface area contributed by atoms with Crippen molar-refractivity contribution < 1.29 is 0 Å². The van der Waals surface area contributed by atoms with Gasteiger partial charge in [0.05, 0.1) is 0 Å². The normalized spacial score (nSPS) is 11.5. The molecule has 3 aromatic rings. The summed E-state index contributed by atoms with van der Waals surface area (Å²) in [6, 6.07) is 29.8. The molecule has 3 rings (SSSR count). The highest BCUT2D eigenvalue weighted by molar-refractivity contribution is 5.85. The molecule has 0 saturated carbocycles. The Hall–Kier alpha value is -2.09. The van der Waals surface area contributed by atoms with Gasteiger partial charge in [-0.1, -0.05) is 84.9 Å². The highest BCUT2D eigenvalue weighted by atomic mass is 35.5. The fourth-order valence-corrected chi connectivity index (χ4v) is 2.81. The molecular formula is C21H22ClN. The van der Waals surface area contributed by atoms with Crippen LogP contribution in [-0.4, -0.2) is 6.54 Å². The van der Waals surface area contributed by atoms with Gasteiger partial charge in [-0.2, -0.15) is 0 Å². The Kier molecular flexibility index (Phi) is 6.40. The van der Waals surface area contributed by atoms with Crippen LogP contribution >= 0.6 is 12.4 Å². The van der Waals surface area contributed by atoms with Gasteiger partial charge < -0.3 is 5.73 Å². The molecule has 0 heterocycles. The summed E-state index contributed by atoms with van der Waals surface area (Å²) in [6.07, 6.45) is 0.982. The van der Waals surface area contributed by atoms with Crippen LogP contribution in [0.5, 0.6) is 0 Å². The first-order valence-electron chi connectivity index (χ1n) is 7.76. The van der Waals surface area contributed by atoms with Crippen LogP contribution in [0.15, 0.2) is 84.9 Å². The first-order chi connectivity index (χ1) is 10.9. The van der Waals surface area contributed by atoms with E-state index in [1.54, 1.807) is 0 Å². The minimum absolute atomic E-state index is 0. The molecule has 1 unspecified atom stereocenters. The molecule has 23 heavy (non-hydrogen) atoms. The zero-order valence-corrected chi connectivity index (χ0v) is 13.9. The predicted octanol–water partition coefficient (Wildman–Crippen LogP) is 5.06. The van der Waals surface area contributed by atoms with E-state index in [1.165, 1.54) is 22.3 Å². The highest BCUT2D eigenvalue weighted by Crippen LogP contribution is 2.23. The van der Waals surface area contributed by atoms with Gasteiger partial charge in [0, 0.05) is 5.92 Å². The summed E-state index contributed by atoms with van der Waals surface area (Å²) in [6.45, 7) is 0.671. The third-order valence-electron chi connectivity index (χ3n) is 4.10.